The molecule has 0 radical (unpaired) electrons. The number of ether oxygens (including phenoxy) is 1. The monoisotopic (exact) mass is 355 g/mol. The highest BCUT2D eigenvalue weighted by Crippen LogP contribution is 2.22. The molecule has 0 bridgehead atoms. The maximum Gasteiger partial charge on any atom is 0.305 e. The second-order valence-electron chi connectivity index (χ2n) is 4.85. The predicted octanol–water partition coefficient (Wildman–Crippen LogP) is 2.91. The molecule has 0 aliphatic rings. The van der Waals surface area contributed by atoms with E-state index in [-0.39, 0.29) is 11.9 Å². The fraction of sp³-hybridized carbons (Fsp3) is 0.400. The van der Waals surface area contributed by atoms with E-state index in [0.717, 1.165) is 24.2 Å². The smallest absolute Gasteiger partial charge is 0.305 e. The van der Waals surface area contributed by atoms with E-state index in [1.54, 1.807) is 6.08 Å². The van der Waals surface area contributed by atoms with Gasteiger partial charge >= 0.3 is 5.97 Å². The van der Waals surface area contributed by atoms with Gasteiger partial charge in [0, 0.05) is 30.6 Å². The summed E-state index contributed by atoms with van der Waals surface area (Å²) in [5.41, 5.74) is 0.691. The number of aromatic nitrogens is 2. The summed E-state index contributed by atoms with van der Waals surface area (Å²) < 4.78 is 6.40. The Bertz CT molecular complexity index is 708. The topological polar surface area (TPSA) is 72.7 Å². The number of unbranched alkanes of at least 4 members (excludes halogenated alkanes) is 2. The van der Waals surface area contributed by atoms with Gasteiger partial charge in [-0.3, -0.25) is 14.0 Å². The van der Waals surface area contributed by atoms with Gasteiger partial charge in [-0.05, 0) is 18.9 Å². The molecule has 6 nitrogen and oxygen atoms in total. The van der Waals surface area contributed by atoms with E-state index in [4.69, 9.17) is 11.6 Å². The maximum atomic E-state index is 11.8. The number of amides is 1. The van der Waals surface area contributed by atoms with Crippen LogP contribution in [0.5, 0.6) is 0 Å². The molecule has 0 spiro atoms. The Hall–Kier alpha value is -1.86. The lowest BCUT2D eigenvalue weighted by Gasteiger charge is -2.02. The van der Waals surface area contributed by atoms with E-state index in [2.05, 4.69) is 15.0 Å². The zero-order valence-corrected chi connectivity index (χ0v) is 14.3. The van der Waals surface area contributed by atoms with Crippen LogP contribution in [0.2, 0.25) is 5.15 Å². The third-order valence-corrected chi connectivity index (χ3v) is 4.27. The van der Waals surface area contributed by atoms with Crippen molar-refractivity contribution < 1.29 is 14.3 Å². The number of nitrogens with zero attached hydrogens (tertiary/aromatic N) is 2. The Morgan fingerprint density at radius 2 is 2.26 bits per heavy atom. The number of rotatable bonds is 8. The number of carbonyl (C=O) groups excluding carboxylic acids is 2. The number of methoxy groups -OCH3 is 1. The van der Waals surface area contributed by atoms with Crippen LogP contribution in [0.4, 0.5) is 0 Å². The third kappa shape index (κ3) is 5.07. The maximum absolute atomic E-state index is 11.8. The molecule has 2 aromatic heterocycles. The molecular weight excluding hydrogens is 338 g/mol. The molecule has 0 saturated heterocycles. The first kappa shape index (κ1) is 17.5. The Morgan fingerprint density at radius 1 is 1.43 bits per heavy atom. The summed E-state index contributed by atoms with van der Waals surface area (Å²) in [7, 11) is 1.38. The molecule has 0 fully saturated rings. The van der Waals surface area contributed by atoms with E-state index >= 15 is 0 Å². The van der Waals surface area contributed by atoms with Gasteiger partial charge in [0.15, 0.2) is 10.1 Å². The Kier molecular flexibility index (Phi) is 6.61. The molecule has 0 saturated carbocycles. The summed E-state index contributed by atoms with van der Waals surface area (Å²) in [5.74, 6) is -0.381. The number of imidazole rings is 1. The van der Waals surface area contributed by atoms with Gasteiger partial charge in [0.2, 0.25) is 5.91 Å². The van der Waals surface area contributed by atoms with Crippen molar-refractivity contribution in [2.45, 2.75) is 25.7 Å². The number of halogens is 1. The summed E-state index contributed by atoms with van der Waals surface area (Å²) in [4.78, 5) is 27.7. The van der Waals surface area contributed by atoms with Crippen LogP contribution in [0.3, 0.4) is 0 Å². The quantitative estimate of drug-likeness (QED) is 0.449. The summed E-state index contributed by atoms with van der Waals surface area (Å²) in [6.45, 7) is 0.568. The van der Waals surface area contributed by atoms with Gasteiger partial charge in [-0.15, -0.1) is 11.3 Å². The molecule has 2 aromatic rings. The number of hydrogen-bond acceptors (Lipinski definition) is 5. The molecule has 2 rings (SSSR count). The molecule has 0 aromatic carbocycles. The standard InChI is InChI=1S/C15H18ClN3O3S/c1-22-13(21)5-3-2-4-8-17-12(20)7-6-11-14(16)18-15-19(11)9-10-23-15/h6-7,9-10H,2-5,8H2,1H3,(H,17,20)/b7-6+. The van der Waals surface area contributed by atoms with Gasteiger partial charge in [0.25, 0.3) is 0 Å². The molecule has 0 aliphatic heterocycles. The average Bonchev–Trinajstić information content (AvgIpc) is 3.09. The van der Waals surface area contributed by atoms with Crippen LogP contribution in [0.15, 0.2) is 17.7 Å². The Labute approximate surface area is 143 Å². The van der Waals surface area contributed by atoms with Crippen LogP contribution >= 0.6 is 22.9 Å². The second-order valence-corrected chi connectivity index (χ2v) is 6.09. The highest BCUT2D eigenvalue weighted by molar-refractivity contribution is 7.15. The molecular formula is C15H18ClN3O3S. The molecule has 8 heteroatoms. The van der Waals surface area contributed by atoms with Crippen molar-refractivity contribution in [3.05, 3.63) is 28.5 Å². The minimum absolute atomic E-state index is 0.181. The van der Waals surface area contributed by atoms with Crippen LogP contribution in [0, 0.1) is 0 Å². The van der Waals surface area contributed by atoms with Gasteiger partial charge in [-0.2, -0.15) is 0 Å². The van der Waals surface area contributed by atoms with Crippen molar-refractivity contribution in [3.8, 4) is 0 Å². The van der Waals surface area contributed by atoms with Crippen LogP contribution in [-0.2, 0) is 14.3 Å². The normalized spacial score (nSPS) is 11.2. The molecule has 1 N–H and O–H groups in total. The van der Waals surface area contributed by atoms with Crippen LogP contribution in [0.25, 0.3) is 11.0 Å². The first-order valence-electron chi connectivity index (χ1n) is 7.25. The molecule has 0 atom stereocenters. The molecule has 124 valence electrons. The van der Waals surface area contributed by atoms with Gasteiger partial charge in [0.1, 0.15) is 0 Å². The van der Waals surface area contributed by atoms with E-state index in [1.165, 1.54) is 24.5 Å². The Balaban J connectivity index is 1.71. The van der Waals surface area contributed by atoms with Crippen LogP contribution in [-0.4, -0.2) is 34.9 Å². The summed E-state index contributed by atoms with van der Waals surface area (Å²) >= 11 is 7.53. The van der Waals surface area contributed by atoms with Crippen molar-refractivity contribution in [1.82, 2.24) is 14.7 Å². The van der Waals surface area contributed by atoms with E-state index < -0.39 is 0 Å². The van der Waals surface area contributed by atoms with E-state index in [9.17, 15) is 9.59 Å². The van der Waals surface area contributed by atoms with Gasteiger partial charge < -0.3 is 10.1 Å². The number of fused-ring (bicyclic) bond motifs is 1. The molecule has 2 heterocycles. The first-order chi connectivity index (χ1) is 11.1. The average molecular weight is 356 g/mol. The molecule has 0 aliphatic carbocycles. The van der Waals surface area contributed by atoms with Crippen molar-refractivity contribution in [3.63, 3.8) is 0 Å². The third-order valence-electron chi connectivity index (χ3n) is 3.23. The minimum Gasteiger partial charge on any atom is -0.469 e. The SMILES string of the molecule is COC(=O)CCCCCNC(=O)/C=C/c1c(Cl)nc2sccn12. The van der Waals surface area contributed by atoms with Gasteiger partial charge in [-0.25, -0.2) is 4.98 Å². The fourth-order valence-electron chi connectivity index (χ4n) is 2.02. The molecule has 23 heavy (non-hydrogen) atoms. The number of hydrogen-bond donors (Lipinski definition) is 1. The lowest BCUT2D eigenvalue weighted by atomic mass is 10.2. The van der Waals surface area contributed by atoms with Crippen molar-refractivity contribution >= 4 is 45.9 Å². The fourth-order valence-corrected chi connectivity index (χ4v) is 3.03. The molecule has 0 unspecified atom stereocenters. The number of carbonyl (C=O) groups is 2. The van der Waals surface area contributed by atoms with Crippen molar-refractivity contribution in [1.29, 1.82) is 0 Å². The lowest BCUT2D eigenvalue weighted by Crippen LogP contribution is -2.22. The lowest BCUT2D eigenvalue weighted by molar-refractivity contribution is -0.140. The predicted molar refractivity (Wildman–Crippen MR) is 90.6 cm³/mol. The molecule has 1 amide bonds. The highest BCUT2D eigenvalue weighted by Gasteiger charge is 2.08. The van der Waals surface area contributed by atoms with Crippen molar-refractivity contribution in [2.24, 2.45) is 0 Å². The Morgan fingerprint density at radius 3 is 3.04 bits per heavy atom. The number of esters is 1. The van der Waals surface area contributed by atoms with Crippen LogP contribution < -0.4 is 5.32 Å². The largest absolute Gasteiger partial charge is 0.469 e. The highest BCUT2D eigenvalue weighted by atomic mass is 35.5. The summed E-state index contributed by atoms with van der Waals surface area (Å²) in [5, 5.41) is 5.08. The van der Waals surface area contributed by atoms with Gasteiger partial charge in [0.05, 0.1) is 12.8 Å². The summed E-state index contributed by atoms with van der Waals surface area (Å²) in [6.07, 6.45) is 7.82. The van der Waals surface area contributed by atoms with E-state index in [0.29, 0.717) is 23.8 Å². The zero-order valence-electron chi connectivity index (χ0n) is 12.8. The zero-order chi connectivity index (χ0) is 16.7. The van der Waals surface area contributed by atoms with Gasteiger partial charge in [-0.1, -0.05) is 18.0 Å². The van der Waals surface area contributed by atoms with Crippen molar-refractivity contribution in [2.75, 3.05) is 13.7 Å². The number of thiazole rings is 1. The number of nitrogens with one attached hydrogen (secondary N) is 1. The van der Waals surface area contributed by atoms with E-state index in [1.807, 2.05) is 16.0 Å². The summed E-state index contributed by atoms with van der Waals surface area (Å²) in [6, 6.07) is 0. The first-order valence-corrected chi connectivity index (χ1v) is 8.51. The van der Waals surface area contributed by atoms with Crippen LogP contribution in [0.1, 0.15) is 31.4 Å². The second kappa shape index (κ2) is 8.69. The minimum atomic E-state index is -0.200.